The average Bonchev–Trinajstić information content (AvgIpc) is 2.88. The monoisotopic (exact) mass is 472 g/mol. The van der Waals surface area contributed by atoms with Gasteiger partial charge in [0.2, 0.25) is 11.8 Å². The molecule has 0 unspecified atom stereocenters. The zero-order valence-corrected chi connectivity index (χ0v) is 19.9. The molecule has 0 radical (unpaired) electrons. The van der Waals surface area contributed by atoms with E-state index >= 15 is 0 Å². The van der Waals surface area contributed by atoms with E-state index in [0.29, 0.717) is 37.2 Å². The molecular formula is C29H32N2O4. The average molecular weight is 473 g/mol. The Bertz CT molecular complexity index is 1070. The Morgan fingerprint density at radius 3 is 1.66 bits per heavy atom. The second-order valence-electron chi connectivity index (χ2n) is 8.32. The van der Waals surface area contributed by atoms with Gasteiger partial charge in [0.25, 0.3) is 0 Å². The molecule has 0 saturated carbocycles. The minimum absolute atomic E-state index is 0.0578. The predicted octanol–water partition coefficient (Wildman–Crippen LogP) is 5.54. The van der Waals surface area contributed by atoms with Crippen LogP contribution in [0.2, 0.25) is 0 Å². The highest BCUT2D eigenvalue weighted by Crippen LogP contribution is 2.15. The molecule has 3 aromatic carbocycles. The van der Waals surface area contributed by atoms with Gasteiger partial charge in [-0.2, -0.15) is 0 Å². The van der Waals surface area contributed by atoms with Gasteiger partial charge in [-0.05, 0) is 61.1 Å². The highest BCUT2D eigenvalue weighted by atomic mass is 16.5. The van der Waals surface area contributed by atoms with Crippen LogP contribution in [0.25, 0.3) is 0 Å². The molecule has 35 heavy (non-hydrogen) atoms. The third-order valence-electron chi connectivity index (χ3n) is 5.44. The number of rotatable bonds is 13. The fraction of sp³-hybridized carbons (Fsp3) is 0.276. The Morgan fingerprint density at radius 1 is 0.571 bits per heavy atom. The molecule has 0 aliphatic heterocycles. The fourth-order valence-electron chi connectivity index (χ4n) is 3.56. The summed E-state index contributed by atoms with van der Waals surface area (Å²) in [5.74, 6) is -0.502. The molecule has 6 heteroatoms. The molecule has 0 aromatic heterocycles. The molecule has 0 spiro atoms. The topological polar surface area (TPSA) is 84.5 Å². The quantitative estimate of drug-likeness (QED) is 0.253. The van der Waals surface area contributed by atoms with Crippen molar-refractivity contribution >= 4 is 29.2 Å². The number of anilines is 2. The first-order valence-corrected chi connectivity index (χ1v) is 12.0. The number of carbonyl (C=O) groups excluding carboxylic acids is 3. The van der Waals surface area contributed by atoms with Gasteiger partial charge in [0.15, 0.2) is 0 Å². The van der Waals surface area contributed by atoms with E-state index in [0.717, 1.165) is 18.4 Å². The number of ether oxygens (including phenoxy) is 1. The molecule has 0 aliphatic carbocycles. The van der Waals surface area contributed by atoms with Crippen LogP contribution < -0.4 is 10.6 Å². The normalized spacial score (nSPS) is 10.4. The van der Waals surface area contributed by atoms with Crippen molar-refractivity contribution in [1.82, 2.24) is 0 Å². The van der Waals surface area contributed by atoms with Gasteiger partial charge in [0.1, 0.15) is 0 Å². The van der Waals surface area contributed by atoms with Gasteiger partial charge in [-0.25, -0.2) is 0 Å². The van der Waals surface area contributed by atoms with Crippen LogP contribution in [0, 0.1) is 0 Å². The summed E-state index contributed by atoms with van der Waals surface area (Å²) in [6.07, 6.45) is 3.61. The summed E-state index contributed by atoms with van der Waals surface area (Å²) in [7, 11) is 0. The van der Waals surface area contributed by atoms with Crippen molar-refractivity contribution in [1.29, 1.82) is 0 Å². The lowest BCUT2D eigenvalue weighted by molar-refractivity contribution is -0.143. The molecule has 0 saturated heterocycles. The highest BCUT2D eigenvalue weighted by Gasteiger charge is 2.08. The Morgan fingerprint density at radius 2 is 1.09 bits per heavy atom. The number of amides is 2. The number of hydrogen-bond acceptors (Lipinski definition) is 4. The van der Waals surface area contributed by atoms with E-state index in [1.54, 1.807) is 24.3 Å². The van der Waals surface area contributed by atoms with Crippen molar-refractivity contribution in [3.8, 4) is 0 Å². The van der Waals surface area contributed by atoms with Crippen molar-refractivity contribution in [2.45, 2.75) is 44.9 Å². The van der Waals surface area contributed by atoms with Crippen molar-refractivity contribution in [2.24, 2.45) is 0 Å². The smallest absolute Gasteiger partial charge is 0.305 e. The first-order valence-electron chi connectivity index (χ1n) is 12.0. The highest BCUT2D eigenvalue weighted by molar-refractivity contribution is 5.93. The molecule has 182 valence electrons. The Hall–Kier alpha value is -3.93. The Labute approximate surface area is 206 Å². The van der Waals surface area contributed by atoms with Gasteiger partial charge < -0.3 is 15.4 Å². The van der Waals surface area contributed by atoms with Gasteiger partial charge in [0.05, 0.1) is 6.61 Å². The largest absolute Gasteiger partial charge is 0.466 e. The molecular weight excluding hydrogens is 440 g/mol. The molecule has 0 heterocycles. The molecule has 0 bridgehead atoms. The van der Waals surface area contributed by atoms with Crippen LogP contribution in [-0.2, 0) is 32.0 Å². The summed E-state index contributed by atoms with van der Waals surface area (Å²) in [5, 5.41) is 5.68. The Balaban J connectivity index is 1.27. The summed E-state index contributed by atoms with van der Waals surface area (Å²) in [4.78, 5) is 36.2. The molecule has 3 aromatic rings. The van der Waals surface area contributed by atoms with Crippen LogP contribution in [0.1, 0.15) is 43.2 Å². The summed E-state index contributed by atoms with van der Waals surface area (Å²) < 4.78 is 5.25. The molecule has 0 atom stereocenters. The predicted molar refractivity (Wildman–Crippen MR) is 138 cm³/mol. The van der Waals surface area contributed by atoms with Crippen molar-refractivity contribution in [3.05, 3.63) is 96.1 Å². The van der Waals surface area contributed by atoms with Gasteiger partial charge in [-0.1, -0.05) is 60.7 Å². The van der Waals surface area contributed by atoms with E-state index in [1.165, 1.54) is 5.56 Å². The van der Waals surface area contributed by atoms with Crippen LogP contribution in [0.4, 0.5) is 11.4 Å². The molecule has 3 rings (SSSR count). The van der Waals surface area contributed by atoms with Crippen molar-refractivity contribution in [2.75, 3.05) is 17.2 Å². The molecule has 2 amide bonds. The zero-order valence-electron chi connectivity index (χ0n) is 19.9. The van der Waals surface area contributed by atoms with Gasteiger partial charge >= 0.3 is 5.97 Å². The lowest BCUT2D eigenvalue weighted by Crippen LogP contribution is -2.14. The van der Waals surface area contributed by atoms with Gasteiger partial charge in [0, 0.05) is 30.6 Å². The van der Waals surface area contributed by atoms with Crippen molar-refractivity contribution < 1.29 is 19.1 Å². The maximum Gasteiger partial charge on any atom is 0.305 e. The maximum absolute atomic E-state index is 12.2. The number of esters is 1. The second kappa shape index (κ2) is 14.4. The van der Waals surface area contributed by atoms with E-state index in [4.69, 9.17) is 4.74 Å². The number of hydrogen-bond donors (Lipinski definition) is 2. The summed E-state index contributed by atoms with van der Waals surface area (Å²) >= 11 is 0. The van der Waals surface area contributed by atoms with Crippen LogP contribution >= 0.6 is 0 Å². The first kappa shape index (κ1) is 25.7. The van der Waals surface area contributed by atoms with E-state index in [9.17, 15) is 14.4 Å². The van der Waals surface area contributed by atoms with Crippen LogP contribution in [-0.4, -0.2) is 24.4 Å². The summed E-state index contributed by atoms with van der Waals surface area (Å²) in [6, 6.07) is 26.9. The Kier molecular flexibility index (Phi) is 10.5. The van der Waals surface area contributed by atoms with Crippen LogP contribution in [0.15, 0.2) is 84.9 Å². The summed E-state index contributed by atoms with van der Waals surface area (Å²) in [6.45, 7) is 0.384. The number of carbonyl (C=O) groups is 3. The third kappa shape index (κ3) is 10.3. The first-order chi connectivity index (χ1) is 17.1. The maximum atomic E-state index is 12.2. The molecule has 6 nitrogen and oxygen atoms in total. The molecule has 0 aliphatic rings. The molecule has 0 fully saturated rings. The second-order valence-corrected chi connectivity index (χ2v) is 8.32. The number of nitrogens with one attached hydrogen (secondary N) is 2. The third-order valence-corrected chi connectivity index (χ3v) is 5.44. The van der Waals surface area contributed by atoms with Gasteiger partial charge in [-0.3, -0.25) is 14.4 Å². The number of aryl methyl sites for hydroxylation is 2. The minimum atomic E-state index is -0.279. The van der Waals surface area contributed by atoms with E-state index in [1.807, 2.05) is 48.5 Å². The van der Waals surface area contributed by atoms with Gasteiger partial charge in [-0.15, -0.1) is 0 Å². The molecule has 2 N–H and O–H groups in total. The minimum Gasteiger partial charge on any atom is -0.466 e. The standard InChI is InChI=1S/C29H32N2O4/c32-27(14-7-15-29(34)35-22-8-13-23-9-3-1-4-10-23)30-25-17-19-26(20-18-25)31-28(33)21-16-24-11-5-2-6-12-24/h1-6,9-12,17-20H,7-8,13-16,21-22H2,(H,30,32)(H,31,33). The SMILES string of the molecule is O=C(CCCC(=O)OCCCc1ccccc1)Nc1ccc(NC(=O)CCc2ccccc2)cc1. The van der Waals surface area contributed by atoms with Crippen molar-refractivity contribution in [3.63, 3.8) is 0 Å². The zero-order chi connectivity index (χ0) is 24.7. The van der Waals surface area contributed by atoms with Crippen LogP contribution in [0.5, 0.6) is 0 Å². The summed E-state index contributed by atoms with van der Waals surface area (Å²) in [5.41, 5.74) is 3.66. The lowest BCUT2D eigenvalue weighted by Gasteiger charge is -2.08. The van der Waals surface area contributed by atoms with E-state index in [2.05, 4.69) is 22.8 Å². The van der Waals surface area contributed by atoms with E-state index < -0.39 is 0 Å². The number of benzene rings is 3. The van der Waals surface area contributed by atoms with Crippen LogP contribution in [0.3, 0.4) is 0 Å². The lowest BCUT2D eigenvalue weighted by atomic mass is 10.1. The van der Waals surface area contributed by atoms with E-state index in [-0.39, 0.29) is 30.6 Å². The fourth-order valence-corrected chi connectivity index (χ4v) is 3.56.